The molecule has 2 saturated carbocycles. The third kappa shape index (κ3) is 2.94. The summed E-state index contributed by atoms with van der Waals surface area (Å²) in [5.74, 6) is 1.46. The highest BCUT2D eigenvalue weighted by atomic mass is 16.3. The third-order valence-electron chi connectivity index (χ3n) is 4.42. The zero-order valence-corrected chi connectivity index (χ0v) is 9.91. The van der Waals surface area contributed by atoms with Gasteiger partial charge in [0, 0.05) is 18.7 Å². The number of aliphatic hydroxyl groups is 1. The van der Waals surface area contributed by atoms with Crippen LogP contribution in [0.4, 0.5) is 0 Å². The van der Waals surface area contributed by atoms with Crippen LogP contribution in [0.25, 0.3) is 0 Å². The maximum Gasteiger partial charge on any atom is 0.0459 e. The summed E-state index contributed by atoms with van der Waals surface area (Å²) in [5, 5.41) is 12.9. The molecule has 0 bridgehead atoms. The first-order valence-electron chi connectivity index (χ1n) is 6.66. The summed E-state index contributed by atoms with van der Waals surface area (Å²) in [6.45, 7) is 2.77. The summed E-state index contributed by atoms with van der Waals surface area (Å²) in [6, 6.07) is 1.51. The molecule has 2 aliphatic carbocycles. The molecule has 0 heterocycles. The van der Waals surface area contributed by atoms with Crippen LogP contribution in [-0.2, 0) is 0 Å². The van der Waals surface area contributed by atoms with Gasteiger partial charge in [-0.1, -0.05) is 13.3 Å². The predicted octanol–water partition coefficient (Wildman–Crippen LogP) is 2.32. The molecule has 2 nitrogen and oxygen atoms in total. The number of hydrogen-bond donors (Lipinski definition) is 2. The lowest BCUT2D eigenvalue weighted by Crippen LogP contribution is -2.42. The zero-order chi connectivity index (χ0) is 10.7. The van der Waals surface area contributed by atoms with E-state index in [-0.39, 0.29) is 0 Å². The molecule has 0 aromatic carbocycles. The number of hydrogen-bond acceptors (Lipinski definition) is 2. The number of rotatable bonds is 3. The summed E-state index contributed by atoms with van der Waals surface area (Å²) in [6.07, 6.45) is 9.17. The van der Waals surface area contributed by atoms with E-state index in [2.05, 4.69) is 12.2 Å². The van der Waals surface area contributed by atoms with Gasteiger partial charge in [0.25, 0.3) is 0 Å². The molecule has 2 heteroatoms. The maximum absolute atomic E-state index is 9.08. The first-order valence-corrected chi connectivity index (χ1v) is 6.66. The molecule has 2 rings (SSSR count). The van der Waals surface area contributed by atoms with Crippen molar-refractivity contribution in [2.45, 2.75) is 64.0 Å². The third-order valence-corrected chi connectivity index (χ3v) is 4.42. The van der Waals surface area contributed by atoms with Gasteiger partial charge in [-0.3, -0.25) is 0 Å². The van der Waals surface area contributed by atoms with E-state index in [1.165, 1.54) is 44.9 Å². The fourth-order valence-electron chi connectivity index (χ4n) is 3.21. The Hall–Kier alpha value is -0.0800. The van der Waals surface area contributed by atoms with E-state index in [4.69, 9.17) is 5.11 Å². The molecule has 0 aromatic rings. The van der Waals surface area contributed by atoms with Crippen LogP contribution in [0.2, 0.25) is 0 Å². The average Bonchev–Trinajstić information content (AvgIpc) is 2.66. The first-order chi connectivity index (χ1) is 7.29. The van der Waals surface area contributed by atoms with Crippen molar-refractivity contribution in [1.29, 1.82) is 0 Å². The molecule has 0 amide bonds. The van der Waals surface area contributed by atoms with Crippen LogP contribution in [0, 0.1) is 11.8 Å². The highest BCUT2D eigenvalue weighted by Gasteiger charge is 2.27. The Morgan fingerprint density at radius 3 is 2.33 bits per heavy atom. The molecule has 2 aliphatic rings. The summed E-state index contributed by atoms with van der Waals surface area (Å²) in [7, 11) is 0. The fraction of sp³-hybridized carbons (Fsp3) is 1.00. The molecule has 0 spiro atoms. The molecule has 2 atom stereocenters. The minimum atomic E-state index is 0.395. The van der Waals surface area contributed by atoms with Crippen LogP contribution in [0.3, 0.4) is 0 Å². The van der Waals surface area contributed by atoms with Gasteiger partial charge >= 0.3 is 0 Å². The second-order valence-corrected chi connectivity index (χ2v) is 5.58. The quantitative estimate of drug-likeness (QED) is 0.751. The van der Waals surface area contributed by atoms with Crippen LogP contribution in [0.5, 0.6) is 0 Å². The first kappa shape index (κ1) is 11.4. The summed E-state index contributed by atoms with van der Waals surface area (Å²) in [4.78, 5) is 0. The minimum Gasteiger partial charge on any atom is -0.396 e. The Bertz CT molecular complexity index is 187. The van der Waals surface area contributed by atoms with Gasteiger partial charge in [0.05, 0.1) is 0 Å². The molecule has 2 N–H and O–H groups in total. The van der Waals surface area contributed by atoms with Gasteiger partial charge in [-0.05, 0) is 50.4 Å². The highest BCUT2D eigenvalue weighted by Crippen LogP contribution is 2.29. The van der Waals surface area contributed by atoms with Crippen molar-refractivity contribution in [2.75, 3.05) is 6.61 Å². The van der Waals surface area contributed by atoms with E-state index in [1.807, 2.05) is 0 Å². The Morgan fingerprint density at radius 1 is 1.07 bits per heavy atom. The molecule has 15 heavy (non-hydrogen) atoms. The fourth-order valence-corrected chi connectivity index (χ4v) is 3.21. The second-order valence-electron chi connectivity index (χ2n) is 5.58. The van der Waals surface area contributed by atoms with Gasteiger partial charge in [-0.15, -0.1) is 0 Å². The predicted molar refractivity (Wildman–Crippen MR) is 62.8 cm³/mol. The Labute approximate surface area is 93.5 Å². The molecular formula is C13H25NO. The standard InChI is InChI=1S/C13H25NO/c1-10-3-2-4-13(10)14-12-7-5-11(9-15)6-8-12/h10-15H,2-9H2,1H3. The molecule has 0 aromatic heterocycles. The number of nitrogens with one attached hydrogen (secondary N) is 1. The van der Waals surface area contributed by atoms with E-state index in [9.17, 15) is 0 Å². The van der Waals surface area contributed by atoms with Crippen molar-refractivity contribution >= 4 is 0 Å². The SMILES string of the molecule is CC1CCCC1NC1CCC(CO)CC1. The van der Waals surface area contributed by atoms with Gasteiger partial charge < -0.3 is 10.4 Å². The van der Waals surface area contributed by atoms with E-state index in [0.717, 1.165) is 18.0 Å². The normalized spacial score (nSPS) is 42.0. The monoisotopic (exact) mass is 211 g/mol. The smallest absolute Gasteiger partial charge is 0.0459 e. The molecule has 2 unspecified atom stereocenters. The van der Waals surface area contributed by atoms with Crippen LogP contribution < -0.4 is 5.32 Å². The lowest BCUT2D eigenvalue weighted by atomic mass is 9.86. The largest absolute Gasteiger partial charge is 0.396 e. The average molecular weight is 211 g/mol. The Morgan fingerprint density at radius 2 is 1.80 bits per heavy atom. The van der Waals surface area contributed by atoms with E-state index in [0.29, 0.717) is 12.5 Å². The molecule has 0 saturated heterocycles. The maximum atomic E-state index is 9.08. The van der Waals surface area contributed by atoms with Crippen molar-refractivity contribution in [3.05, 3.63) is 0 Å². The molecular weight excluding hydrogens is 186 g/mol. The van der Waals surface area contributed by atoms with E-state index >= 15 is 0 Å². The Kier molecular flexibility index (Phi) is 4.04. The summed E-state index contributed by atoms with van der Waals surface area (Å²) >= 11 is 0. The topological polar surface area (TPSA) is 32.3 Å². The van der Waals surface area contributed by atoms with Crippen LogP contribution in [0.1, 0.15) is 51.9 Å². The van der Waals surface area contributed by atoms with Crippen LogP contribution in [0.15, 0.2) is 0 Å². The summed E-state index contributed by atoms with van der Waals surface area (Å²) in [5.41, 5.74) is 0. The van der Waals surface area contributed by atoms with E-state index in [1.54, 1.807) is 0 Å². The lowest BCUT2D eigenvalue weighted by molar-refractivity contribution is 0.169. The van der Waals surface area contributed by atoms with Gasteiger partial charge in [-0.25, -0.2) is 0 Å². The van der Waals surface area contributed by atoms with Crippen molar-refractivity contribution in [3.63, 3.8) is 0 Å². The van der Waals surface area contributed by atoms with Crippen LogP contribution >= 0.6 is 0 Å². The van der Waals surface area contributed by atoms with Crippen molar-refractivity contribution < 1.29 is 5.11 Å². The van der Waals surface area contributed by atoms with E-state index < -0.39 is 0 Å². The van der Waals surface area contributed by atoms with Crippen molar-refractivity contribution in [1.82, 2.24) is 5.32 Å². The van der Waals surface area contributed by atoms with Gasteiger partial charge in [-0.2, -0.15) is 0 Å². The van der Waals surface area contributed by atoms with Gasteiger partial charge in [0.2, 0.25) is 0 Å². The minimum absolute atomic E-state index is 0.395. The van der Waals surface area contributed by atoms with Crippen LogP contribution in [-0.4, -0.2) is 23.8 Å². The van der Waals surface area contributed by atoms with Gasteiger partial charge in [0.15, 0.2) is 0 Å². The highest BCUT2D eigenvalue weighted by molar-refractivity contribution is 4.85. The summed E-state index contributed by atoms with van der Waals surface area (Å²) < 4.78 is 0. The zero-order valence-electron chi connectivity index (χ0n) is 9.91. The second kappa shape index (κ2) is 5.31. The molecule has 0 aliphatic heterocycles. The number of aliphatic hydroxyl groups excluding tert-OH is 1. The van der Waals surface area contributed by atoms with Crippen molar-refractivity contribution in [3.8, 4) is 0 Å². The Balaban J connectivity index is 1.72. The molecule has 0 radical (unpaired) electrons. The lowest BCUT2D eigenvalue weighted by Gasteiger charge is -2.31. The molecule has 88 valence electrons. The van der Waals surface area contributed by atoms with Crippen molar-refractivity contribution in [2.24, 2.45) is 11.8 Å². The van der Waals surface area contributed by atoms with Gasteiger partial charge in [0.1, 0.15) is 0 Å². The molecule has 2 fully saturated rings.